The summed E-state index contributed by atoms with van der Waals surface area (Å²) in [4.78, 5) is 25.7. The summed E-state index contributed by atoms with van der Waals surface area (Å²) in [5, 5.41) is 4.71. The number of benzene rings is 4. The van der Waals surface area contributed by atoms with Gasteiger partial charge in [-0.2, -0.15) is 5.10 Å². The van der Waals surface area contributed by atoms with Gasteiger partial charge in [-0.15, -0.1) is 0 Å². The van der Waals surface area contributed by atoms with E-state index in [4.69, 9.17) is 30.5 Å². The van der Waals surface area contributed by atoms with Crippen LogP contribution in [-0.2, 0) is 6.61 Å². The van der Waals surface area contributed by atoms with Gasteiger partial charge in [-0.1, -0.05) is 51.8 Å². The van der Waals surface area contributed by atoms with Crippen LogP contribution in [0, 0.1) is 0 Å². The van der Waals surface area contributed by atoms with E-state index in [0.29, 0.717) is 33.4 Å². The van der Waals surface area contributed by atoms with E-state index in [1.807, 2.05) is 12.1 Å². The number of hydrazone groups is 1. The lowest BCUT2D eigenvalue weighted by molar-refractivity contribution is 0.0733. The molecule has 0 aliphatic heterocycles. The smallest absolute Gasteiger partial charge is 0.343 e. The number of hydrogen-bond donors (Lipinski definition) is 1. The van der Waals surface area contributed by atoms with Gasteiger partial charge < -0.3 is 18.9 Å². The van der Waals surface area contributed by atoms with Gasteiger partial charge in [0.05, 0.1) is 31.6 Å². The molecule has 0 saturated carbocycles. The molecule has 0 aromatic heterocycles. The van der Waals surface area contributed by atoms with Crippen LogP contribution in [-0.4, -0.2) is 32.3 Å². The Morgan fingerprint density at radius 2 is 1.60 bits per heavy atom. The first kappa shape index (κ1) is 28.7. The fourth-order valence-corrected chi connectivity index (χ4v) is 4.08. The van der Waals surface area contributed by atoms with Crippen LogP contribution >= 0.6 is 27.5 Å². The molecule has 0 spiro atoms. The van der Waals surface area contributed by atoms with E-state index < -0.39 is 11.9 Å². The second-order valence-corrected chi connectivity index (χ2v) is 9.60. The van der Waals surface area contributed by atoms with E-state index in [1.54, 1.807) is 66.7 Å². The van der Waals surface area contributed by atoms with E-state index in [1.165, 1.54) is 26.5 Å². The summed E-state index contributed by atoms with van der Waals surface area (Å²) >= 11 is 9.34. The molecular formula is C30H24BrClN2O6. The lowest BCUT2D eigenvalue weighted by atomic mass is 10.2. The number of nitrogens with one attached hydrogen (secondary N) is 1. The predicted octanol–water partition coefficient (Wildman–Crippen LogP) is 6.68. The van der Waals surface area contributed by atoms with Crippen molar-refractivity contribution < 1.29 is 28.5 Å². The van der Waals surface area contributed by atoms with Gasteiger partial charge in [-0.05, 0) is 66.2 Å². The molecule has 0 heterocycles. The highest BCUT2D eigenvalue weighted by atomic mass is 79.9. The van der Waals surface area contributed by atoms with Crippen LogP contribution in [0.1, 0.15) is 31.8 Å². The summed E-state index contributed by atoms with van der Waals surface area (Å²) in [6, 6.07) is 23.9. The molecule has 4 aromatic rings. The molecule has 0 aliphatic carbocycles. The van der Waals surface area contributed by atoms with Crippen LogP contribution in [0.3, 0.4) is 0 Å². The van der Waals surface area contributed by atoms with Gasteiger partial charge >= 0.3 is 5.97 Å². The number of methoxy groups -OCH3 is 2. The minimum Gasteiger partial charge on any atom is -0.493 e. The van der Waals surface area contributed by atoms with Crippen LogP contribution in [0.2, 0.25) is 5.02 Å². The third-order valence-electron chi connectivity index (χ3n) is 5.60. The summed E-state index contributed by atoms with van der Waals surface area (Å²) in [7, 11) is 2.99. The molecule has 0 radical (unpaired) electrons. The second-order valence-electron chi connectivity index (χ2n) is 8.25. The number of halogens is 2. The molecule has 4 rings (SSSR count). The standard InChI is InChI=1S/C30H24BrClN2O6/c1-37-27-13-9-20(16-28(27)38-2)30(36)40-25-14-10-22(31)15-21(25)17-33-34-29(35)24-5-3-4-6-26(24)39-18-19-7-11-23(32)12-8-19/h3-17H,18H2,1-2H3,(H,34,35)/b33-17-. The summed E-state index contributed by atoms with van der Waals surface area (Å²) in [5.74, 6) is 0.457. The van der Waals surface area contributed by atoms with Gasteiger partial charge in [0.15, 0.2) is 11.5 Å². The lowest BCUT2D eigenvalue weighted by Crippen LogP contribution is -2.19. The van der Waals surface area contributed by atoms with Crippen LogP contribution in [0.5, 0.6) is 23.0 Å². The number of carbonyl (C=O) groups is 2. The maximum Gasteiger partial charge on any atom is 0.343 e. The molecule has 0 atom stereocenters. The molecule has 1 N–H and O–H groups in total. The van der Waals surface area contributed by atoms with Gasteiger partial charge in [-0.3, -0.25) is 4.79 Å². The molecule has 10 heteroatoms. The van der Waals surface area contributed by atoms with Crippen molar-refractivity contribution in [3.8, 4) is 23.0 Å². The maximum absolute atomic E-state index is 12.9. The van der Waals surface area contributed by atoms with Crippen molar-refractivity contribution in [1.29, 1.82) is 0 Å². The maximum atomic E-state index is 12.9. The molecule has 0 aliphatic rings. The van der Waals surface area contributed by atoms with Crippen molar-refractivity contribution in [1.82, 2.24) is 5.43 Å². The first-order valence-corrected chi connectivity index (χ1v) is 13.1. The minimum absolute atomic E-state index is 0.243. The number of amides is 1. The number of nitrogens with zero attached hydrogens (tertiary/aromatic N) is 1. The number of esters is 1. The van der Waals surface area contributed by atoms with Crippen LogP contribution < -0.4 is 24.4 Å². The molecule has 0 fully saturated rings. The molecule has 1 amide bonds. The van der Waals surface area contributed by atoms with Crippen molar-refractivity contribution in [2.75, 3.05) is 14.2 Å². The first-order valence-electron chi connectivity index (χ1n) is 11.9. The van der Waals surface area contributed by atoms with E-state index in [0.717, 1.165) is 10.0 Å². The first-order chi connectivity index (χ1) is 19.4. The minimum atomic E-state index is -0.603. The zero-order chi connectivity index (χ0) is 28.5. The summed E-state index contributed by atoms with van der Waals surface area (Å²) in [6.45, 7) is 0.261. The Balaban J connectivity index is 1.45. The van der Waals surface area contributed by atoms with Crippen molar-refractivity contribution in [3.05, 3.63) is 117 Å². The Hall–Kier alpha value is -4.34. The fourth-order valence-electron chi connectivity index (χ4n) is 3.58. The van der Waals surface area contributed by atoms with Gasteiger partial charge in [-0.25, -0.2) is 10.2 Å². The topological polar surface area (TPSA) is 95.5 Å². The van der Waals surface area contributed by atoms with Crippen molar-refractivity contribution in [2.45, 2.75) is 6.61 Å². The molecule has 8 nitrogen and oxygen atoms in total. The number of hydrogen-bond acceptors (Lipinski definition) is 7. The zero-order valence-electron chi connectivity index (χ0n) is 21.5. The van der Waals surface area contributed by atoms with E-state index in [9.17, 15) is 9.59 Å². The molecule has 0 unspecified atom stereocenters. The van der Waals surface area contributed by atoms with Crippen molar-refractivity contribution in [2.24, 2.45) is 5.10 Å². The number of ether oxygens (including phenoxy) is 4. The van der Waals surface area contributed by atoms with Crippen molar-refractivity contribution in [3.63, 3.8) is 0 Å². The van der Waals surface area contributed by atoms with E-state index >= 15 is 0 Å². The zero-order valence-corrected chi connectivity index (χ0v) is 23.9. The summed E-state index contributed by atoms with van der Waals surface area (Å²) in [6.07, 6.45) is 1.39. The number of para-hydroxylation sites is 1. The quantitative estimate of drug-likeness (QED) is 0.0916. The van der Waals surface area contributed by atoms with Gasteiger partial charge in [0.2, 0.25) is 0 Å². The summed E-state index contributed by atoms with van der Waals surface area (Å²) in [5.41, 5.74) is 4.44. The number of carbonyl (C=O) groups excluding carboxylic acids is 2. The van der Waals surface area contributed by atoms with Gasteiger partial charge in [0.25, 0.3) is 5.91 Å². The van der Waals surface area contributed by atoms with Crippen LogP contribution in [0.15, 0.2) is 94.5 Å². The normalized spacial score (nSPS) is 10.7. The van der Waals surface area contributed by atoms with Gasteiger partial charge in [0, 0.05) is 15.1 Å². The van der Waals surface area contributed by atoms with Crippen LogP contribution in [0.4, 0.5) is 0 Å². The van der Waals surface area contributed by atoms with Crippen LogP contribution in [0.25, 0.3) is 0 Å². The molecule has 40 heavy (non-hydrogen) atoms. The average Bonchev–Trinajstić information content (AvgIpc) is 2.97. The highest BCUT2D eigenvalue weighted by Gasteiger charge is 2.16. The lowest BCUT2D eigenvalue weighted by Gasteiger charge is -2.11. The van der Waals surface area contributed by atoms with E-state index in [2.05, 4.69) is 26.5 Å². The van der Waals surface area contributed by atoms with E-state index in [-0.39, 0.29) is 17.9 Å². The highest BCUT2D eigenvalue weighted by Crippen LogP contribution is 2.29. The monoisotopic (exact) mass is 622 g/mol. The molecule has 0 saturated heterocycles. The largest absolute Gasteiger partial charge is 0.493 e. The molecule has 204 valence electrons. The Labute approximate surface area is 244 Å². The summed E-state index contributed by atoms with van der Waals surface area (Å²) < 4.78 is 22.7. The fraction of sp³-hybridized carbons (Fsp3) is 0.100. The Morgan fingerprint density at radius 1 is 0.875 bits per heavy atom. The SMILES string of the molecule is COc1ccc(C(=O)Oc2ccc(Br)cc2/C=N\NC(=O)c2ccccc2OCc2ccc(Cl)cc2)cc1OC. The molecule has 4 aromatic carbocycles. The Kier molecular flexibility index (Phi) is 9.77. The average molecular weight is 624 g/mol. The second kappa shape index (κ2) is 13.6. The highest BCUT2D eigenvalue weighted by molar-refractivity contribution is 9.10. The van der Waals surface area contributed by atoms with Crippen molar-refractivity contribution >= 4 is 45.6 Å². The third-order valence-corrected chi connectivity index (χ3v) is 6.35. The van der Waals surface area contributed by atoms with Gasteiger partial charge in [0.1, 0.15) is 18.1 Å². The molecule has 0 bridgehead atoms. The Morgan fingerprint density at radius 3 is 2.35 bits per heavy atom. The molecular weight excluding hydrogens is 600 g/mol. The Bertz CT molecular complexity index is 1540. The third kappa shape index (κ3) is 7.40. The predicted molar refractivity (Wildman–Crippen MR) is 156 cm³/mol. The number of rotatable bonds is 10.